The summed E-state index contributed by atoms with van der Waals surface area (Å²) < 4.78 is 0. The highest BCUT2D eigenvalue weighted by atomic mass is 16.6. The van der Waals surface area contributed by atoms with E-state index in [4.69, 9.17) is 11.5 Å². The number of nitro benzene ring substituents is 5. The van der Waals surface area contributed by atoms with Crippen molar-refractivity contribution in [1.29, 1.82) is 0 Å². The summed E-state index contributed by atoms with van der Waals surface area (Å²) in [5.41, 5.74) is 16.6. The Morgan fingerprint density at radius 3 is 0.745 bits per heavy atom. The standard InChI is InChI=1S/C13H10N2O4.C13H12N2O2.C6H6N2O2.C6H5NO2/c16-14(17)12-5-1-10(2-6-12)9-11-3-7-13(8-4-11)15(18)19;14-12-5-1-10(2-6-12)9-11-3-7-13(8-4-11)15(16)17;7-5-1-3-6(4-2-5)8(9)10;8-7(9)6-4-2-1-3-5-6/h1-8H,9H2;1-8H,9,14H2;1-4H,7H2;1-5H. The van der Waals surface area contributed by atoms with E-state index < -0.39 is 24.6 Å². The summed E-state index contributed by atoms with van der Waals surface area (Å²) in [7, 11) is 0. The Morgan fingerprint density at radius 1 is 0.309 bits per heavy atom. The average molecular weight is 748 g/mol. The highest BCUT2D eigenvalue weighted by Crippen LogP contribution is 2.19. The smallest absolute Gasteiger partial charge is 0.269 e. The molecule has 17 nitrogen and oxygen atoms in total. The Kier molecular flexibility index (Phi) is 15.6. The fraction of sp³-hybridized carbons (Fsp3) is 0.0526. The van der Waals surface area contributed by atoms with Gasteiger partial charge in [-0.25, -0.2) is 0 Å². The van der Waals surface area contributed by atoms with Crippen LogP contribution >= 0.6 is 0 Å². The number of para-hydroxylation sites is 1. The number of nitrogens with zero attached hydrogens (tertiary/aromatic N) is 5. The molecule has 55 heavy (non-hydrogen) atoms. The molecule has 0 atom stereocenters. The maximum atomic E-state index is 10.5. The van der Waals surface area contributed by atoms with Gasteiger partial charge in [-0.2, -0.15) is 0 Å². The molecule has 0 unspecified atom stereocenters. The lowest BCUT2D eigenvalue weighted by Crippen LogP contribution is -1.92. The summed E-state index contributed by atoms with van der Waals surface area (Å²) >= 11 is 0. The van der Waals surface area contributed by atoms with Gasteiger partial charge in [-0.1, -0.05) is 66.7 Å². The van der Waals surface area contributed by atoms with Crippen LogP contribution in [0.4, 0.5) is 39.8 Å². The lowest BCUT2D eigenvalue weighted by molar-refractivity contribution is -0.385. The van der Waals surface area contributed by atoms with Crippen LogP contribution in [-0.4, -0.2) is 24.6 Å². The molecule has 0 saturated carbocycles. The number of hydrogen-bond acceptors (Lipinski definition) is 12. The highest BCUT2D eigenvalue weighted by molar-refractivity contribution is 5.45. The van der Waals surface area contributed by atoms with E-state index in [2.05, 4.69) is 0 Å². The van der Waals surface area contributed by atoms with Crippen LogP contribution in [0.15, 0.2) is 152 Å². The molecule has 0 aliphatic carbocycles. The molecule has 0 aliphatic heterocycles. The Morgan fingerprint density at radius 2 is 0.509 bits per heavy atom. The Hall–Kier alpha value is -8.08. The zero-order valence-corrected chi connectivity index (χ0v) is 28.8. The van der Waals surface area contributed by atoms with Crippen LogP contribution in [0.2, 0.25) is 0 Å². The van der Waals surface area contributed by atoms with Gasteiger partial charge in [0.1, 0.15) is 0 Å². The number of rotatable bonds is 9. The Bertz CT molecular complexity index is 2130. The predicted octanol–water partition coefficient (Wildman–Crippen LogP) is 8.63. The maximum absolute atomic E-state index is 10.5. The molecule has 6 aromatic rings. The van der Waals surface area contributed by atoms with Crippen molar-refractivity contribution in [2.75, 3.05) is 11.5 Å². The molecule has 6 aromatic carbocycles. The highest BCUT2D eigenvalue weighted by Gasteiger charge is 2.07. The third-order valence-electron chi connectivity index (χ3n) is 7.31. The number of anilines is 2. The fourth-order valence-electron chi connectivity index (χ4n) is 4.46. The van der Waals surface area contributed by atoms with Crippen LogP contribution in [-0.2, 0) is 12.8 Å². The second kappa shape index (κ2) is 20.7. The summed E-state index contributed by atoms with van der Waals surface area (Å²) in [4.78, 5) is 49.4. The Balaban J connectivity index is 0.000000206. The maximum Gasteiger partial charge on any atom is 0.269 e. The van der Waals surface area contributed by atoms with Crippen molar-refractivity contribution in [2.24, 2.45) is 0 Å². The number of non-ortho nitro benzene ring substituents is 5. The van der Waals surface area contributed by atoms with Gasteiger partial charge in [0.25, 0.3) is 28.4 Å². The minimum absolute atomic E-state index is 0.0486. The molecule has 6 rings (SSSR count). The van der Waals surface area contributed by atoms with E-state index in [1.807, 2.05) is 24.3 Å². The van der Waals surface area contributed by atoms with Crippen LogP contribution in [0.25, 0.3) is 0 Å². The quantitative estimate of drug-likeness (QED) is 0.0799. The predicted molar refractivity (Wildman–Crippen MR) is 206 cm³/mol. The first-order valence-electron chi connectivity index (χ1n) is 16.0. The lowest BCUT2D eigenvalue weighted by Gasteiger charge is -2.02. The summed E-state index contributed by atoms with van der Waals surface area (Å²) in [6.07, 6.45) is 1.33. The van der Waals surface area contributed by atoms with Crippen LogP contribution in [0, 0.1) is 50.6 Å². The van der Waals surface area contributed by atoms with Crippen LogP contribution in [0.1, 0.15) is 22.3 Å². The van der Waals surface area contributed by atoms with Crippen LogP contribution in [0.3, 0.4) is 0 Å². The summed E-state index contributed by atoms with van der Waals surface area (Å²) in [6, 6.07) is 40.4. The molecule has 0 radical (unpaired) electrons. The number of nitrogens with two attached hydrogens (primary N) is 2. The minimum Gasteiger partial charge on any atom is -0.399 e. The number of benzene rings is 6. The number of hydrogen-bond donors (Lipinski definition) is 2. The molecule has 0 spiro atoms. The number of nitrogen functional groups attached to an aromatic ring is 2. The minimum atomic E-state index is -0.459. The molecule has 17 heteroatoms. The van der Waals surface area contributed by atoms with Crippen molar-refractivity contribution in [3.05, 3.63) is 224 Å². The van der Waals surface area contributed by atoms with Gasteiger partial charge < -0.3 is 11.5 Å². The summed E-state index contributed by atoms with van der Waals surface area (Å²) in [6.45, 7) is 0. The average Bonchev–Trinajstić information content (AvgIpc) is 3.18. The van der Waals surface area contributed by atoms with Crippen molar-refractivity contribution >= 4 is 39.8 Å². The largest absolute Gasteiger partial charge is 0.399 e. The molecule has 0 aromatic heterocycles. The van der Waals surface area contributed by atoms with E-state index in [1.54, 1.807) is 54.6 Å². The molecule has 0 amide bonds. The van der Waals surface area contributed by atoms with Crippen molar-refractivity contribution in [3.8, 4) is 0 Å². The van der Waals surface area contributed by atoms with Crippen LogP contribution in [0.5, 0.6) is 0 Å². The zero-order valence-electron chi connectivity index (χ0n) is 28.8. The molecule has 4 N–H and O–H groups in total. The first kappa shape index (κ1) is 41.3. The summed E-state index contributed by atoms with van der Waals surface area (Å²) in [5.74, 6) is 0. The molecular weight excluding hydrogens is 714 g/mol. The second-order valence-corrected chi connectivity index (χ2v) is 11.3. The van der Waals surface area contributed by atoms with Crippen molar-refractivity contribution in [3.63, 3.8) is 0 Å². The lowest BCUT2D eigenvalue weighted by atomic mass is 10.0. The van der Waals surface area contributed by atoms with Gasteiger partial charge in [0.05, 0.1) is 24.6 Å². The SMILES string of the molecule is Nc1ccc(Cc2ccc([N+](=O)[O-])cc2)cc1.Nc1ccc([N+](=O)[O-])cc1.O=[N+]([O-])c1ccc(Cc2ccc([N+](=O)[O-])cc2)cc1.O=[N+]([O-])c1ccccc1. The van der Waals surface area contributed by atoms with Crippen molar-refractivity contribution < 1.29 is 24.6 Å². The summed E-state index contributed by atoms with van der Waals surface area (Å²) in [5, 5.41) is 51.6. The Labute approximate surface area is 312 Å². The first-order valence-corrected chi connectivity index (χ1v) is 16.0. The van der Waals surface area contributed by atoms with Crippen molar-refractivity contribution in [2.45, 2.75) is 12.8 Å². The second-order valence-electron chi connectivity index (χ2n) is 11.3. The van der Waals surface area contributed by atoms with Crippen molar-refractivity contribution in [1.82, 2.24) is 0 Å². The molecule has 0 fully saturated rings. The molecule has 0 aliphatic rings. The van der Waals surface area contributed by atoms with Gasteiger partial charge in [-0.15, -0.1) is 0 Å². The van der Waals surface area contributed by atoms with Gasteiger partial charge >= 0.3 is 0 Å². The molecular formula is C38H33N7O10. The van der Waals surface area contributed by atoms with Gasteiger partial charge in [0, 0.05) is 72.0 Å². The van der Waals surface area contributed by atoms with E-state index in [-0.39, 0.29) is 28.4 Å². The molecule has 280 valence electrons. The molecule has 0 saturated heterocycles. The van der Waals surface area contributed by atoms with Gasteiger partial charge in [-0.3, -0.25) is 50.6 Å². The van der Waals surface area contributed by atoms with Gasteiger partial charge in [0.2, 0.25) is 0 Å². The first-order chi connectivity index (χ1) is 26.2. The van der Waals surface area contributed by atoms with E-state index in [9.17, 15) is 50.6 Å². The third kappa shape index (κ3) is 14.6. The normalized spacial score (nSPS) is 9.75. The molecule has 0 bridgehead atoms. The van der Waals surface area contributed by atoms with E-state index in [0.29, 0.717) is 12.1 Å². The molecule has 0 heterocycles. The third-order valence-corrected chi connectivity index (χ3v) is 7.31. The fourth-order valence-corrected chi connectivity index (χ4v) is 4.46. The van der Waals surface area contributed by atoms with Crippen LogP contribution < -0.4 is 11.5 Å². The van der Waals surface area contributed by atoms with E-state index in [0.717, 1.165) is 34.4 Å². The zero-order chi connectivity index (χ0) is 40.3. The van der Waals surface area contributed by atoms with E-state index >= 15 is 0 Å². The van der Waals surface area contributed by atoms with Gasteiger partial charge in [0.15, 0.2) is 0 Å². The van der Waals surface area contributed by atoms with Gasteiger partial charge in [-0.05, 0) is 59.4 Å². The monoisotopic (exact) mass is 747 g/mol. The number of nitro groups is 5. The topological polar surface area (TPSA) is 268 Å². The van der Waals surface area contributed by atoms with E-state index in [1.165, 1.54) is 72.8 Å².